The van der Waals surface area contributed by atoms with Crippen molar-refractivity contribution in [1.82, 2.24) is 5.23 Å². The number of nitroso groups, excluding NO2 is 1. The predicted octanol–water partition coefficient (Wildman–Crippen LogP) is 1.52. The first-order chi connectivity index (χ1) is 12.0. The fraction of sp³-hybridized carbons (Fsp3) is 1.00. The van der Waals surface area contributed by atoms with Gasteiger partial charge >= 0.3 is 0 Å². The second-order valence-corrected chi connectivity index (χ2v) is 7.12. The molecule has 2 aliphatic rings. The Bertz CT molecular complexity index is 442. The maximum atomic E-state index is 12.0. The van der Waals surface area contributed by atoms with E-state index in [-0.39, 0.29) is 17.2 Å². The van der Waals surface area contributed by atoms with E-state index in [0.29, 0.717) is 24.7 Å². The highest BCUT2D eigenvalue weighted by Gasteiger charge is 2.42. The number of nitrogens with zero attached hydrogens (tertiary/aromatic N) is 3. The maximum Gasteiger partial charge on any atom is 0.178 e. The third kappa shape index (κ3) is 4.70. The van der Waals surface area contributed by atoms with Crippen LogP contribution in [0, 0.1) is 32.8 Å². The minimum Gasteiger partial charge on any atom is -0.600 e. The zero-order valence-corrected chi connectivity index (χ0v) is 15.0. The highest BCUT2D eigenvalue weighted by atomic mass is 17.0. The summed E-state index contributed by atoms with van der Waals surface area (Å²) in [5.41, 5.74) is 0. The summed E-state index contributed by atoms with van der Waals surface area (Å²) in [5, 5.41) is 18.4. The van der Waals surface area contributed by atoms with Gasteiger partial charge in [-0.05, 0) is 49.9 Å². The van der Waals surface area contributed by atoms with Crippen molar-refractivity contribution in [2.45, 2.75) is 63.6 Å². The summed E-state index contributed by atoms with van der Waals surface area (Å²) < 4.78 is 0. The van der Waals surface area contributed by atoms with Crippen LogP contribution in [0.2, 0.25) is 0 Å². The summed E-state index contributed by atoms with van der Waals surface area (Å²) in [7, 11) is 2.79. The molecule has 10 nitrogen and oxygen atoms in total. The predicted molar refractivity (Wildman–Crippen MR) is 88.1 cm³/mol. The van der Waals surface area contributed by atoms with Crippen molar-refractivity contribution in [2.75, 3.05) is 14.2 Å². The normalized spacial score (nSPS) is 37.5. The lowest BCUT2D eigenvalue weighted by Crippen LogP contribution is -3.11. The Hall–Kier alpha value is -1.20. The minimum atomic E-state index is -0.478. The Balaban J connectivity index is 1.97. The van der Waals surface area contributed by atoms with Crippen LogP contribution in [0.1, 0.15) is 45.4 Å². The van der Waals surface area contributed by atoms with Crippen LogP contribution in [0.15, 0.2) is 10.5 Å². The summed E-state index contributed by atoms with van der Waals surface area (Å²) in [5.74, 6) is 1.07. The summed E-state index contributed by atoms with van der Waals surface area (Å²) in [4.78, 5) is 35.9. The fourth-order valence-corrected chi connectivity index (χ4v) is 4.57. The molecule has 25 heavy (non-hydrogen) atoms. The van der Waals surface area contributed by atoms with E-state index >= 15 is 0 Å². The summed E-state index contributed by atoms with van der Waals surface area (Å²) in [6.07, 6.45) is 4.85. The van der Waals surface area contributed by atoms with Gasteiger partial charge in [0.2, 0.25) is 0 Å². The molecule has 2 rings (SSSR count). The van der Waals surface area contributed by atoms with E-state index in [1.807, 2.05) is 0 Å². The van der Waals surface area contributed by atoms with Gasteiger partial charge in [0.15, 0.2) is 5.34 Å². The van der Waals surface area contributed by atoms with Crippen molar-refractivity contribution < 1.29 is 19.8 Å². The van der Waals surface area contributed by atoms with Crippen LogP contribution >= 0.6 is 0 Å². The van der Waals surface area contributed by atoms with E-state index in [2.05, 4.69) is 22.4 Å². The molecule has 0 aromatic heterocycles. The summed E-state index contributed by atoms with van der Waals surface area (Å²) in [6.45, 7) is 2.09. The molecule has 0 bridgehead atoms. The van der Waals surface area contributed by atoms with Crippen molar-refractivity contribution in [3.63, 3.8) is 0 Å². The molecule has 2 saturated carbocycles. The average molecular weight is 360 g/mol. The molecule has 0 radical (unpaired) electrons. The van der Waals surface area contributed by atoms with Gasteiger partial charge in [-0.25, -0.2) is 15.0 Å². The van der Waals surface area contributed by atoms with E-state index in [9.17, 15) is 15.0 Å². The minimum absolute atomic E-state index is 0.0386. The van der Waals surface area contributed by atoms with Gasteiger partial charge < -0.3 is 5.21 Å². The zero-order valence-electron chi connectivity index (χ0n) is 15.0. The first-order valence-electron chi connectivity index (χ1n) is 8.79. The van der Waals surface area contributed by atoms with Gasteiger partial charge in [-0.3, -0.25) is 4.84 Å². The number of rotatable bonds is 8. The molecule has 0 aliphatic heterocycles. The molecule has 0 spiro atoms. The van der Waals surface area contributed by atoms with Gasteiger partial charge in [-0.2, -0.15) is 4.91 Å². The largest absolute Gasteiger partial charge is 0.600 e. The van der Waals surface area contributed by atoms with Gasteiger partial charge in [0.1, 0.15) is 12.1 Å². The van der Waals surface area contributed by atoms with Crippen molar-refractivity contribution in [3.05, 3.63) is 15.0 Å². The third-order valence-electron chi connectivity index (χ3n) is 5.89. The maximum absolute atomic E-state index is 12.0. The van der Waals surface area contributed by atoms with E-state index in [4.69, 9.17) is 9.68 Å². The van der Waals surface area contributed by atoms with Crippen LogP contribution in [0.5, 0.6) is 0 Å². The second-order valence-electron chi connectivity index (χ2n) is 7.12. The summed E-state index contributed by atoms with van der Waals surface area (Å²) in [6, 6.07) is -0.954. The molecule has 2 fully saturated rings. The monoisotopic (exact) mass is 360 g/mol. The lowest BCUT2D eigenvalue weighted by Gasteiger charge is -2.43. The Morgan fingerprint density at radius 1 is 1.08 bits per heavy atom. The molecule has 10 heteroatoms. The first kappa shape index (κ1) is 20.1. The van der Waals surface area contributed by atoms with E-state index in [0.717, 1.165) is 25.7 Å². The van der Waals surface area contributed by atoms with Gasteiger partial charge in [0.05, 0.1) is 20.3 Å². The lowest BCUT2D eigenvalue weighted by atomic mass is 9.68. The Morgan fingerprint density at radius 2 is 1.76 bits per heavy atom. The van der Waals surface area contributed by atoms with Crippen LogP contribution in [-0.2, 0) is 14.6 Å². The average Bonchev–Trinajstić information content (AvgIpc) is 2.65. The third-order valence-corrected chi connectivity index (χ3v) is 5.89. The van der Waals surface area contributed by atoms with Gasteiger partial charge in [-0.15, -0.1) is 4.91 Å². The number of hydrogen-bond donors (Lipinski definition) is 1. The van der Waals surface area contributed by atoms with E-state index in [1.54, 1.807) is 0 Å². The van der Waals surface area contributed by atoms with Crippen LogP contribution < -0.4 is 5.23 Å². The van der Waals surface area contributed by atoms with Crippen molar-refractivity contribution in [3.8, 4) is 0 Å². The van der Waals surface area contributed by atoms with Crippen LogP contribution in [0.4, 0.5) is 0 Å². The Morgan fingerprint density at radius 3 is 2.32 bits per heavy atom. The lowest BCUT2D eigenvalue weighted by molar-refractivity contribution is -1.07. The Kier molecular flexibility index (Phi) is 7.63. The van der Waals surface area contributed by atoms with Crippen LogP contribution in [0.25, 0.3) is 0 Å². The molecule has 7 atom stereocenters. The molecule has 144 valence electrons. The standard InChI is InChI=1S/C15H28N4O6/c1-10-8-11(5-7-14(10)19(24-3)25-17-21)12-4-6-13(16-20)15(9-12)18(22)23-2/h10-15,18H,4-9H2,1-3H3. The smallest absolute Gasteiger partial charge is 0.178 e. The topological polar surface area (TPSA) is 117 Å². The number of hydroxylamine groups is 4. The Labute approximate surface area is 147 Å². The number of hydrogen-bond acceptors (Lipinski definition) is 9. The molecule has 0 heterocycles. The zero-order chi connectivity index (χ0) is 18.4. The molecule has 0 aromatic rings. The van der Waals surface area contributed by atoms with Gasteiger partial charge in [-0.1, -0.05) is 12.1 Å². The fourth-order valence-electron chi connectivity index (χ4n) is 4.57. The van der Waals surface area contributed by atoms with Crippen LogP contribution in [0.3, 0.4) is 0 Å². The SMILES string of the molecule is CON(ON=O)C1CCC(C2CCC(N=O)C([NH+]([O-])OC)C2)CC1C. The highest BCUT2D eigenvalue weighted by Crippen LogP contribution is 2.41. The summed E-state index contributed by atoms with van der Waals surface area (Å²) >= 11 is 0. The highest BCUT2D eigenvalue weighted by molar-refractivity contribution is 4.90. The van der Waals surface area contributed by atoms with Crippen molar-refractivity contribution in [2.24, 2.45) is 28.3 Å². The van der Waals surface area contributed by atoms with Crippen molar-refractivity contribution >= 4 is 0 Å². The van der Waals surface area contributed by atoms with Crippen molar-refractivity contribution in [1.29, 1.82) is 0 Å². The number of quaternary nitrogens is 1. The first-order valence-corrected chi connectivity index (χ1v) is 8.79. The molecular weight excluding hydrogens is 332 g/mol. The molecule has 0 aromatic carbocycles. The van der Waals surface area contributed by atoms with E-state index in [1.165, 1.54) is 19.4 Å². The molecule has 2 aliphatic carbocycles. The molecular formula is C15H28N4O6. The second kappa shape index (κ2) is 9.48. The molecule has 7 unspecified atom stereocenters. The molecule has 1 N–H and O–H groups in total. The van der Waals surface area contributed by atoms with Gasteiger partial charge in [0, 0.05) is 11.6 Å². The molecule has 0 amide bonds. The van der Waals surface area contributed by atoms with Gasteiger partial charge in [0.25, 0.3) is 0 Å². The van der Waals surface area contributed by atoms with Crippen LogP contribution in [-0.4, -0.2) is 37.6 Å². The molecule has 0 saturated heterocycles. The number of nitrogens with one attached hydrogen (secondary N) is 1. The van der Waals surface area contributed by atoms with E-state index < -0.39 is 12.1 Å². The quantitative estimate of drug-likeness (QED) is 0.515.